The van der Waals surface area contributed by atoms with Crippen molar-refractivity contribution in [1.29, 1.82) is 0 Å². The lowest BCUT2D eigenvalue weighted by Crippen LogP contribution is -2.42. The summed E-state index contributed by atoms with van der Waals surface area (Å²) in [7, 11) is -3.16. The smallest absolute Gasteiger partial charge is 0.180 e. The molecule has 0 atom stereocenters. The minimum absolute atomic E-state index is 0.151. The van der Waals surface area contributed by atoms with Crippen molar-refractivity contribution >= 4 is 15.5 Å². The van der Waals surface area contributed by atoms with Crippen LogP contribution in [-0.4, -0.2) is 39.8 Å². The summed E-state index contributed by atoms with van der Waals surface area (Å²) in [5.41, 5.74) is 0.865. The Morgan fingerprint density at radius 3 is 2.45 bits per heavy atom. The summed E-state index contributed by atoms with van der Waals surface area (Å²) in [6.07, 6.45) is 2.13. The highest BCUT2D eigenvalue weighted by molar-refractivity contribution is 7.91. The molecule has 0 spiro atoms. The van der Waals surface area contributed by atoms with Gasteiger partial charge < -0.3 is 10.2 Å². The van der Waals surface area contributed by atoms with Gasteiger partial charge in [-0.05, 0) is 31.5 Å². The first-order valence-electron chi connectivity index (χ1n) is 7.38. The number of hydrogen-bond donors (Lipinski definition) is 1. The van der Waals surface area contributed by atoms with Crippen LogP contribution in [0.25, 0.3) is 0 Å². The van der Waals surface area contributed by atoms with Gasteiger partial charge in [0.15, 0.2) is 9.84 Å². The molecule has 1 heterocycles. The number of hydrogen-bond acceptors (Lipinski definition) is 4. The molecule has 0 radical (unpaired) electrons. The molecule has 0 amide bonds. The van der Waals surface area contributed by atoms with Crippen molar-refractivity contribution in [2.24, 2.45) is 0 Å². The number of nitrogens with one attached hydrogen (secondary N) is 1. The van der Waals surface area contributed by atoms with Crippen LogP contribution in [0.2, 0.25) is 0 Å². The zero-order valence-electron chi connectivity index (χ0n) is 12.3. The Balaban J connectivity index is 2.19. The molecule has 1 aliphatic heterocycles. The molecule has 1 aromatic rings. The quantitative estimate of drug-likeness (QED) is 0.903. The fourth-order valence-electron chi connectivity index (χ4n) is 2.75. The van der Waals surface area contributed by atoms with Crippen molar-refractivity contribution in [2.45, 2.75) is 37.6 Å². The minimum Gasteiger partial charge on any atom is -0.370 e. The lowest BCUT2D eigenvalue weighted by Gasteiger charge is -2.34. The molecule has 112 valence electrons. The third-order valence-electron chi connectivity index (χ3n) is 3.91. The molecule has 20 heavy (non-hydrogen) atoms. The Hall–Kier alpha value is -1.07. The maximum atomic E-state index is 12.2. The SMILES string of the molecule is CCNC1CCN(c2ccccc2S(=O)(=O)CC)CC1. The summed E-state index contributed by atoms with van der Waals surface area (Å²) in [4.78, 5) is 2.68. The van der Waals surface area contributed by atoms with Gasteiger partial charge in [-0.25, -0.2) is 8.42 Å². The number of benzene rings is 1. The maximum Gasteiger partial charge on any atom is 0.180 e. The van der Waals surface area contributed by atoms with E-state index in [4.69, 9.17) is 0 Å². The van der Waals surface area contributed by atoms with Crippen molar-refractivity contribution in [1.82, 2.24) is 5.32 Å². The van der Waals surface area contributed by atoms with E-state index in [0.717, 1.165) is 38.2 Å². The van der Waals surface area contributed by atoms with Gasteiger partial charge >= 0.3 is 0 Å². The molecule has 0 saturated carbocycles. The Kier molecular flexibility index (Phi) is 5.05. The molecule has 0 aromatic heterocycles. The van der Waals surface area contributed by atoms with Crippen molar-refractivity contribution in [3.8, 4) is 0 Å². The third kappa shape index (κ3) is 3.33. The van der Waals surface area contributed by atoms with E-state index in [1.165, 1.54) is 0 Å². The fourth-order valence-corrected chi connectivity index (χ4v) is 3.86. The van der Waals surface area contributed by atoms with E-state index < -0.39 is 9.84 Å². The first-order chi connectivity index (χ1) is 9.58. The fraction of sp³-hybridized carbons (Fsp3) is 0.600. The van der Waals surface area contributed by atoms with Crippen molar-refractivity contribution in [2.75, 3.05) is 30.3 Å². The molecular weight excluding hydrogens is 272 g/mol. The summed E-state index contributed by atoms with van der Waals surface area (Å²) < 4.78 is 24.4. The highest BCUT2D eigenvalue weighted by Gasteiger charge is 2.24. The van der Waals surface area contributed by atoms with Crippen LogP contribution in [0.15, 0.2) is 29.2 Å². The van der Waals surface area contributed by atoms with Gasteiger partial charge in [0.25, 0.3) is 0 Å². The van der Waals surface area contributed by atoms with Gasteiger partial charge in [-0.15, -0.1) is 0 Å². The van der Waals surface area contributed by atoms with Gasteiger partial charge in [0.1, 0.15) is 0 Å². The zero-order chi connectivity index (χ0) is 14.6. The Morgan fingerprint density at radius 2 is 1.85 bits per heavy atom. The second-order valence-electron chi connectivity index (χ2n) is 5.19. The average molecular weight is 296 g/mol. The zero-order valence-corrected chi connectivity index (χ0v) is 13.1. The lowest BCUT2D eigenvalue weighted by molar-refractivity contribution is 0.423. The summed E-state index contributed by atoms with van der Waals surface area (Å²) in [5.74, 6) is 0.151. The van der Waals surface area contributed by atoms with Gasteiger partial charge in [0.2, 0.25) is 0 Å². The van der Waals surface area contributed by atoms with Crippen molar-refractivity contribution < 1.29 is 8.42 Å². The molecule has 1 N–H and O–H groups in total. The van der Waals surface area contributed by atoms with Crippen LogP contribution in [0, 0.1) is 0 Å². The van der Waals surface area contributed by atoms with Crippen LogP contribution < -0.4 is 10.2 Å². The van der Waals surface area contributed by atoms with Gasteiger partial charge in [0.05, 0.1) is 16.3 Å². The first-order valence-corrected chi connectivity index (χ1v) is 9.03. The van der Waals surface area contributed by atoms with E-state index in [-0.39, 0.29) is 5.75 Å². The molecule has 0 bridgehead atoms. The van der Waals surface area contributed by atoms with Crippen molar-refractivity contribution in [3.63, 3.8) is 0 Å². The van der Waals surface area contributed by atoms with Gasteiger partial charge in [-0.2, -0.15) is 0 Å². The first kappa shape index (κ1) is 15.3. The highest BCUT2D eigenvalue weighted by atomic mass is 32.2. The summed E-state index contributed by atoms with van der Waals surface area (Å²) >= 11 is 0. The van der Waals surface area contributed by atoms with E-state index in [1.54, 1.807) is 19.1 Å². The topological polar surface area (TPSA) is 49.4 Å². The minimum atomic E-state index is -3.16. The molecule has 1 aliphatic rings. The predicted octanol–water partition coefficient (Wildman–Crippen LogP) is 2.06. The molecule has 0 unspecified atom stereocenters. The highest BCUT2D eigenvalue weighted by Crippen LogP contribution is 2.28. The summed E-state index contributed by atoms with van der Waals surface area (Å²) in [5, 5.41) is 3.47. The van der Waals surface area contributed by atoms with Crippen LogP contribution in [-0.2, 0) is 9.84 Å². The van der Waals surface area contributed by atoms with E-state index in [0.29, 0.717) is 10.9 Å². The number of para-hydroxylation sites is 1. The summed E-state index contributed by atoms with van der Waals surface area (Å²) in [6.45, 7) is 6.63. The standard InChI is InChI=1S/C15H24N2O2S/c1-3-16-13-9-11-17(12-10-13)14-7-5-6-8-15(14)20(18,19)4-2/h5-8,13,16H,3-4,9-12H2,1-2H3. The number of rotatable bonds is 5. The molecule has 0 aliphatic carbocycles. The third-order valence-corrected chi connectivity index (χ3v) is 5.68. The number of piperidine rings is 1. The van der Waals surface area contributed by atoms with E-state index in [2.05, 4.69) is 17.1 Å². The molecule has 1 fully saturated rings. The Labute approximate surface area is 122 Å². The molecule has 2 rings (SSSR count). The van der Waals surface area contributed by atoms with Gasteiger partial charge in [0, 0.05) is 19.1 Å². The molecule has 5 heteroatoms. The van der Waals surface area contributed by atoms with E-state index in [9.17, 15) is 8.42 Å². The number of anilines is 1. The Bertz CT molecular complexity index is 535. The molecule has 4 nitrogen and oxygen atoms in total. The Morgan fingerprint density at radius 1 is 1.20 bits per heavy atom. The van der Waals surface area contributed by atoms with Crippen LogP contribution in [0.5, 0.6) is 0 Å². The molecule has 1 aromatic carbocycles. The second kappa shape index (κ2) is 6.59. The van der Waals surface area contributed by atoms with E-state index in [1.807, 2.05) is 12.1 Å². The average Bonchev–Trinajstić information content (AvgIpc) is 2.48. The van der Waals surface area contributed by atoms with Gasteiger partial charge in [-0.3, -0.25) is 0 Å². The van der Waals surface area contributed by atoms with Crippen LogP contribution >= 0.6 is 0 Å². The molecular formula is C15H24N2O2S. The normalized spacial score (nSPS) is 17.4. The lowest BCUT2D eigenvalue weighted by atomic mass is 10.0. The largest absolute Gasteiger partial charge is 0.370 e. The van der Waals surface area contributed by atoms with Gasteiger partial charge in [-0.1, -0.05) is 26.0 Å². The second-order valence-corrected chi connectivity index (χ2v) is 7.44. The number of sulfone groups is 1. The monoisotopic (exact) mass is 296 g/mol. The van der Waals surface area contributed by atoms with Crippen molar-refractivity contribution in [3.05, 3.63) is 24.3 Å². The van der Waals surface area contributed by atoms with Crippen LogP contribution in [0.1, 0.15) is 26.7 Å². The van der Waals surface area contributed by atoms with Crippen LogP contribution in [0.4, 0.5) is 5.69 Å². The molecule has 1 saturated heterocycles. The van der Waals surface area contributed by atoms with Crippen LogP contribution in [0.3, 0.4) is 0 Å². The maximum absolute atomic E-state index is 12.2. The predicted molar refractivity (Wildman–Crippen MR) is 83.1 cm³/mol. The summed E-state index contributed by atoms with van der Waals surface area (Å²) in [6, 6.07) is 7.93. The van der Waals surface area contributed by atoms with E-state index >= 15 is 0 Å². The number of nitrogens with zero attached hydrogens (tertiary/aromatic N) is 1.